The van der Waals surface area contributed by atoms with Gasteiger partial charge in [0.1, 0.15) is 11.6 Å². The van der Waals surface area contributed by atoms with Gasteiger partial charge in [-0.1, -0.05) is 26.0 Å². The molecule has 28 heavy (non-hydrogen) atoms. The standard InChI is InChI=1S/C19H18F3N3O3/c1-18(2)7-11-14(12(26)8-18)13(15-16(23-11)24-25-17(15)27)9-3-5-10(6-4-9)28-19(20,21)22/h3-6,13H,7-8H2,1-2H3,(H3,23,24,25,27)/t13-/m1/s1. The smallest absolute Gasteiger partial charge is 0.406 e. The summed E-state index contributed by atoms with van der Waals surface area (Å²) in [7, 11) is 0. The Hall–Kier alpha value is -2.97. The van der Waals surface area contributed by atoms with E-state index in [0.29, 0.717) is 35.4 Å². The number of hydrogen-bond acceptors (Lipinski definition) is 4. The van der Waals surface area contributed by atoms with Crippen LogP contribution in [0.15, 0.2) is 40.3 Å². The predicted octanol–water partition coefficient (Wildman–Crippen LogP) is 3.80. The van der Waals surface area contributed by atoms with Crippen molar-refractivity contribution in [1.29, 1.82) is 0 Å². The third-order valence-corrected chi connectivity index (χ3v) is 5.04. The van der Waals surface area contributed by atoms with E-state index in [1.165, 1.54) is 24.3 Å². The molecule has 1 atom stereocenters. The number of hydrogen-bond donors (Lipinski definition) is 3. The number of alkyl halides is 3. The first kappa shape index (κ1) is 18.4. The van der Waals surface area contributed by atoms with Crippen LogP contribution in [-0.4, -0.2) is 22.3 Å². The molecule has 148 valence electrons. The van der Waals surface area contributed by atoms with Gasteiger partial charge >= 0.3 is 6.36 Å². The highest BCUT2D eigenvalue weighted by Crippen LogP contribution is 2.47. The van der Waals surface area contributed by atoms with Crippen molar-refractivity contribution in [1.82, 2.24) is 10.2 Å². The third kappa shape index (κ3) is 3.21. The fourth-order valence-electron chi connectivity index (χ4n) is 4.01. The molecule has 0 amide bonds. The molecule has 4 rings (SSSR count). The lowest BCUT2D eigenvalue weighted by Crippen LogP contribution is -2.34. The van der Waals surface area contributed by atoms with E-state index < -0.39 is 12.3 Å². The van der Waals surface area contributed by atoms with Gasteiger partial charge in [0.25, 0.3) is 5.56 Å². The van der Waals surface area contributed by atoms with Gasteiger partial charge in [0.05, 0.1) is 5.56 Å². The summed E-state index contributed by atoms with van der Waals surface area (Å²) in [6.07, 6.45) is -3.84. The maximum Gasteiger partial charge on any atom is 0.573 e. The fraction of sp³-hybridized carbons (Fsp3) is 0.368. The maximum absolute atomic E-state index is 12.9. The first-order chi connectivity index (χ1) is 13.0. The molecule has 1 aromatic carbocycles. The van der Waals surface area contributed by atoms with Gasteiger partial charge in [0, 0.05) is 23.6 Å². The molecule has 2 aliphatic rings. The van der Waals surface area contributed by atoms with E-state index in [2.05, 4.69) is 20.3 Å². The number of H-pyrrole nitrogens is 2. The number of aromatic nitrogens is 2. The minimum atomic E-state index is -4.79. The van der Waals surface area contributed by atoms with E-state index in [9.17, 15) is 22.8 Å². The second kappa shape index (κ2) is 6.02. The van der Waals surface area contributed by atoms with Crippen LogP contribution in [0.1, 0.15) is 43.7 Å². The molecule has 0 radical (unpaired) electrons. The van der Waals surface area contributed by atoms with Crippen LogP contribution in [0, 0.1) is 5.41 Å². The molecule has 9 heteroatoms. The van der Waals surface area contributed by atoms with Crippen LogP contribution in [0.5, 0.6) is 5.75 Å². The largest absolute Gasteiger partial charge is 0.573 e. The average molecular weight is 393 g/mol. The Balaban J connectivity index is 1.81. The van der Waals surface area contributed by atoms with E-state index in [1.807, 2.05) is 13.8 Å². The second-order valence-electron chi connectivity index (χ2n) is 7.88. The summed E-state index contributed by atoms with van der Waals surface area (Å²) < 4.78 is 41.2. The van der Waals surface area contributed by atoms with Gasteiger partial charge in [-0.25, -0.2) is 0 Å². The molecule has 2 aromatic rings. The molecule has 0 fully saturated rings. The molecular formula is C19H18F3N3O3. The van der Waals surface area contributed by atoms with Gasteiger partial charge in [-0.2, -0.15) is 0 Å². The average Bonchev–Trinajstić information content (AvgIpc) is 2.92. The summed E-state index contributed by atoms with van der Waals surface area (Å²) in [6, 6.07) is 5.27. The summed E-state index contributed by atoms with van der Waals surface area (Å²) in [6.45, 7) is 3.98. The number of ether oxygens (including phenoxy) is 1. The molecule has 0 saturated carbocycles. The van der Waals surface area contributed by atoms with E-state index in [1.54, 1.807) is 0 Å². The van der Waals surface area contributed by atoms with Crippen LogP contribution in [0.3, 0.4) is 0 Å². The summed E-state index contributed by atoms with van der Waals surface area (Å²) in [5.74, 6) is -0.635. The van der Waals surface area contributed by atoms with E-state index in [0.717, 1.165) is 5.70 Å². The highest BCUT2D eigenvalue weighted by atomic mass is 19.4. The molecule has 6 nitrogen and oxygen atoms in total. The Bertz CT molecular complexity index is 1030. The minimum Gasteiger partial charge on any atom is -0.406 e. The highest BCUT2D eigenvalue weighted by molar-refractivity contribution is 6.01. The Morgan fingerprint density at radius 1 is 1.07 bits per heavy atom. The Labute approximate surface area is 157 Å². The lowest BCUT2D eigenvalue weighted by atomic mass is 9.69. The summed E-state index contributed by atoms with van der Waals surface area (Å²) in [5, 5.41) is 8.43. The maximum atomic E-state index is 12.9. The molecule has 1 aromatic heterocycles. The minimum absolute atomic E-state index is 0.0781. The monoisotopic (exact) mass is 393 g/mol. The zero-order chi connectivity index (χ0) is 20.3. The van der Waals surface area contributed by atoms with Crippen molar-refractivity contribution in [2.24, 2.45) is 5.41 Å². The van der Waals surface area contributed by atoms with Crippen molar-refractivity contribution in [2.45, 2.75) is 39.0 Å². The number of allylic oxidation sites excluding steroid dienone is 2. The predicted molar refractivity (Wildman–Crippen MR) is 95.1 cm³/mol. The lowest BCUT2D eigenvalue weighted by molar-refractivity contribution is -0.274. The van der Waals surface area contributed by atoms with Gasteiger partial charge in [-0.15, -0.1) is 13.2 Å². The van der Waals surface area contributed by atoms with E-state index in [4.69, 9.17) is 0 Å². The van der Waals surface area contributed by atoms with E-state index >= 15 is 0 Å². The number of anilines is 1. The van der Waals surface area contributed by atoms with Crippen LogP contribution >= 0.6 is 0 Å². The number of carbonyl (C=O) groups is 1. The number of halogens is 3. The van der Waals surface area contributed by atoms with Crippen molar-refractivity contribution >= 4 is 11.6 Å². The first-order valence-corrected chi connectivity index (χ1v) is 8.74. The summed E-state index contributed by atoms with van der Waals surface area (Å²) in [5.41, 5.74) is 1.49. The quantitative estimate of drug-likeness (QED) is 0.724. The Morgan fingerprint density at radius 3 is 2.39 bits per heavy atom. The second-order valence-corrected chi connectivity index (χ2v) is 7.88. The van der Waals surface area contributed by atoms with Crippen molar-refractivity contribution in [3.8, 4) is 5.75 Å². The molecule has 1 aliphatic heterocycles. The number of Topliss-reactive ketones (excluding diaryl/α,β-unsaturated/α-hetero) is 1. The van der Waals surface area contributed by atoms with Crippen LogP contribution < -0.4 is 15.6 Å². The van der Waals surface area contributed by atoms with Crippen molar-refractivity contribution in [3.05, 3.63) is 57.0 Å². The normalized spacial score (nSPS) is 21.0. The molecular weight excluding hydrogens is 375 g/mol. The van der Waals surface area contributed by atoms with Gasteiger partial charge in [-0.3, -0.25) is 19.8 Å². The number of benzene rings is 1. The summed E-state index contributed by atoms with van der Waals surface area (Å²) in [4.78, 5) is 25.3. The van der Waals surface area contributed by atoms with E-state index in [-0.39, 0.29) is 22.5 Å². The highest BCUT2D eigenvalue weighted by Gasteiger charge is 2.42. The number of nitrogens with one attached hydrogen (secondary N) is 3. The molecule has 0 saturated heterocycles. The van der Waals surface area contributed by atoms with Gasteiger partial charge < -0.3 is 10.1 Å². The van der Waals surface area contributed by atoms with Crippen molar-refractivity contribution in [3.63, 3.8) is 0 Å². The Morgan fingerprint density at radius 2 is 1.75 bits per heavy atom. The lowest BCUT2D eigenvalue weighted by Gasteiger charge is -2.37. The van der Waals surface area contributed by atoms with Crippen LogP contribution in [-0.2, 0) is 4.79 Å². The zero-order valence-corrected chi connectivity index (χ0v) is 15.2. The number of aromatic amines is 2. The SMILES string of the molecule is CC1(C)CC(=O)C2=C(C1)Nc1[nH][nH]c(=O)c1[C@@H]2c1ccc(OC(F)(F)F)cc1. The van der Waals surface area contributed by atoms with Crippen LogP contribution in [0.2, 0.25) is 0 Å². The number of rotatable bonds is 2. The fourth-order valence-corrected chi connectivity index (χ4v) is 4.01. The zero-order valence-electron chi connectivity index (χ0n) is 15.2. The molecule has 3 N–H and O–H groups in total. The Kier molecular flexibility index (Phi) is 3.95. The molecule has 1 aliphatic carbocycles. The summed E-state index contributed by atoms with van der Waals surface area (Å²) >= 11 is 0. The molecule has 0 bridgehead atoms. The van der Waals surface area contributed by atoms with Gasteiger partial charge in [0.15, 0.2) is 5.78 Å². The van der Waals surface area contributed by atoms with Crippen molar-refractivity contribution in [2.75, 3.05) is 5.32 Å². The number of carbonyl (C=O) groups excluding carboxylic acids is 1. The first-order valence-electron chi connectivity index (χ1n) is 8.74. The topological polar surface area (TPSA) is 87.0 Å². The van der Waals surface area contributed by atoms with Crippen LogP contribution in [0.25, 0.3) is 0 Å². The van der Waals surface area contributed by atoms with Crippen molar-refractivity contribution < 1.29 is 22.7 Å². The number of ketones is 1. The van der Waals surface area contributed by atoms with Gasteiger partial charge in [0.2, 0.25) is 0 Å². The van der Waals surface area contributed by atoms with Crippen LogP contribution in [0.4, 0.5) is 19.0 Å². The van der Waals surface area contributed by atoms with Gasteiger partial charge in [-0.05, 0) is 29.5 Å². The number of fused-ring (bicyclic) bond motifs is 1. The molecule has 0 spiro atoms. The third-order valence-electron chi connectivity index (χ3n) is 5.04. The molecule has 2 heterocycles. The molecule has 0 unspecified atom stereocenters.